The Kier molecular flexibility index (Phi) is 8.61. The van der Waals surface area contributed by atoms with Gasteiger partial charge in [0.1, 0.15) is 12.4 Å². The van der Waals surface area contributed by atoms with E-state index < -0.39 is 11.8 Å². The molecule has 0 spiro atoms. The molecule has 34 heavy (non-hydrogen) atoms. The average molecular weight is 549 g/mol. The molecule has 2 N–H and O–H groups in total. The van der Waals surface area contributed by atoms with Crippen LogP contribution in [0.5, 0.6) is 11.5 Å². The van der Waals surface area contributed by atoms with Gasteiger partial charge >= 0.3 is 11.8 Å². The molecule has 0 heterocycles. The summed E-state index contributed by atoms with van der Waals surface area (Å²) < 4.78 is 24.9. The zero-order valence-corrected chi connectivity index (χ0v) is 20.5. The van der Waals surface area contributed by atoms with Crippen LogP contribution < -0.4 is 20.2 Å². The van der Waals surface area contributed by atoms with Gasteiger partial charge in [0, 0.05) is 10.7 Å². The third-order valence-corrected chi connectivity index (χ3v) is 5.65. The zero-order chi connectivity index (χ0) is 24.7. The van der Waals surface area contributed by atoms with Gasteiger partial charge < -0.3 is 14.8 Å². The van der Waals surface area contributed by atoms with Gasteiger partial charge in [-0.1, -0.05) is 29.8 Å². The fourth-order valence-electron chi connectivity index (χ4n) is 2.83. The highest BCUT2D eigenvalue weighted by Crippen LogP contribution is 2.36. The van der Waals surface area contributed by atoms with Crippen LogP contribution in [0.2, 0.25) is 5.02 Å². The van der Waals surface area contributed by atoms with Gasteiger partial charge in [-0.25, -0.2) is 9.82 Å². The molecule has 2 amide bonds. The van der Waals surface area contributed by atoms with E-state index in [1.54, 1.807) is 49.4 Å². The summed E-state index contributed by atoms with van der Waals surface area (Å²) in [5, 5.41) is 6.79. The first-order valence-corrected chi connectivity index (χ1v) is 11.1. The molecule has 0 aliphatic heterocycles. The maximum atomic E-state index is 13.1. The van der Waals surface area contributed by atoms with Gasteiger partial charge in [-0.15, -0.1) is 0 Å². The van der Waals surface area contributed by atoms with Gasteiger partial charge in [-0.3, -0.25) is 9.59 Å². The molecule has 0 bridgehead atoms. The third-order valence-electron chi connectivity index (χ3n) is 4.65. The number of nitrogens with one attached hydrogen (secondary N) is 2. The number of anilines is 1. The number of rotatable bonds is 7. The van der Waals surface area contributed by atoms with E-state index in [2.05, 4.69) is 31.8 Å². The van der Waals surface area contributed by atoms with Gasteiger partial charge in [0.05, 0.1) is 17.8 Å². The first-order valence-electron chi connectivity index (χ1n) is 9.92. The van der Waals surface area contributed by atoms with E-state index in [0.29, 0.717) is 37.8 Å². The van der Waals surface area contributed by atoms with Crippen LogP contribution in [-0.2, 0) is 16.2 Å². The summed E-state index contributed by atoms with van der Waals surface area (Å²) in [6.45, 7) is 1.94. The normalized spacial score (nSPS) is 10.7. The Labute approximate surface area is 209 Å². The Morgan fingerprint density at radius 2 is 1.88 bits per heavy atom. The molecule has 0 saturated heterocycles. The Morgan fingerprint density at radius 1 is 1.15 bits per heavy atom. The molecule has 3 rings (SSSR count). The average Bonchev–Trinajstić information content (AvgIpc) is 2.82. The lowest BCUT2D eigenvalue weighted by molar-refractivity contribution is -0.136. The van der Waals surface area contributed by atoms with Crippen molar-refractivity contribution in [1.82, 2.24) is 5.43 Å². The number of hydrazone groups is 1. The lowest BCUT2D eigenvalue weighted by Gasteiger charge is -2.13. The van der Waals surface area contributed by atoms with Crippen LogP contribution in [-0.4, -0.2) is 25.1 Å². The minimum Gasteiger partial charge on any atom is -0.493 e. The number of carbonyl (C=O) groups is 2. The van der Waals surface area contributed by atoms with E-state index in [1.807, 2.05) is 0 Å². The highest BCUT2D eigenvalue weighted by atomic mass is 79.9. The minimum atomic E-state index is -0.944. The van der Waals surface area contributed by atoms with Crippen LogP contribution >= 0.6 is 27.5 Å². The van der Waals surface area contributed by atoms with Gasteiger partial charge in [-0.05, 0) is 75.9 Å². The molecular formula is C24H20BrClFN3O4. The molecule has 0 atom stereocenters. The molecule has 7 nitrogen and oxygen atoms in total. The molecular weight excluding hydrogens is 529 g/mol. The van der Waals surface area contributed by atoms with Gasteiger partial charge in [-0.2, -0.15) is 5.10 Å². The van der Waals surface area contributed by atoms with Crippen LogP contribution in [0.25, 0.3) is 0 Å². The summed E-state index contributed by atoms with van der Waals surface area (Å²) in [6.07, 6.45) is 1.35. The smallest absolute Gasteiger partial charge is 0.329 e. The van der Waals surface area contributed by atoms with Crippen molar-refractivity contribution in [3.63, 3.8) is 0 Å². The predicted octanol–water partition coefficient (Wildman–Crippen LogP) is 5.23. The molecule has 0 saturated carbocycles. The number of hydrogen-bond acceptors (Lipinski definition) is 5. The highest BCUT2D eigenvalue weighted by molar-refractivity contribution is 9.10. The molecule has 0 fully saturated rings. The lowest BCUT2D eigenvalue weighted by atomic mass is 10.2. The summed E-state index contributed by atoms with van der Waals surface area (Å²) in [7, 11) is 1.48. The van der Waals surface area contributed by atoms with Crippen molar-refractivity contribution in [2.45, 2.75) is 13.5 Å². The number of methoxy groups -OCH3 is 1. The molecule has 0 unspecified atom stereocenters. The monoisotopic (exact) mass is 547 g/mol. The SMILES string of the molecule is COc1cc(/C=N/NC(=O)C(=O)Nc2cccc(Cl)c2C)cc(Br)c1OCc1ccc(F)cc1. The molecule has 0 aliphatic rings. The maximum Gasteiger partial charge on any atom is 0.329 e. The predicted molar refractivity (Wildman–Crippen MR) is 132 cm³/mol. The van der Waals surface area contributed by atoms with Crippen molar-refractivity contribution in [2.24, 2.45) is 5.10 Å². The number of carbonyl (C=O) groups excluding carboxylic acids is 2. The second-order valence-corrected chi connectivity index (χ2v) is 8.28. The highest BCUT2D eigenvalue weighted by Gasteiger charge is 2.15. The fourth-order valence-corrected chi connectivity index (χ4v) is 3.58. The zero-order valence-electron chi connectivity index (χ0n) is 18.2. The van der Waals surface area contributed by atoms with Gasteiger partial charge in [0.2, 0.25) is 0 Å². The van der Waals surface area contributed by atoms with E-state index in [-0.39, 0.29) is 12.4 Å². The molecule has 3 aromatic rings. The second-order valence-electron chi connectivity index (χ2n) is 7.01. The van der Waals surface area contributed by atoms with Crippen molar-refractivity contribution in [3.8, 4) is 11.5 Å². The van der Waals surface area contributed by atoms with E-state index in [1.165, 1.54) is 25.5 Å². The van der Waals surface area contributed by atoms with Crippen LogP contribution in [0.4, 0.5) is 10.1 Å². The Hall–Kier alpha value is -3.43. The Balaban J connectivity index is 1.63. The molecule has 176 valence electrons. The van der Waals surface area contributed by atoms with E-state index >= 15 is 0 Å². The largest absolute Gasteiger partial charge is 0.493 e. The van der Waals surface area contributed by atoms with Crippen molar-refractivity contribution < 1.29 is 23.5 Å². The first-order chi connectivity index (χ1) is 16.3. The molecule has 0 aliphatic carbocycles. The standard InChI is InChI=1S/C24H20BrClFN3O4/c1-14-19(26)4-3-5-20(14)29-23(31)24(32)30-28-12-16-10-18(25)22(21(11-16)33-2)34-13-15-6-8-17(27)9-7-15/h3-12H,13H2,1-2H3,(H,29,31)(H,30,32)/b28-12+. The fraction of sp³-hybridized carbons (Fsp3) is 0.125. The number of amides is 2. The van der Waals surface area contributed by atoms with Crippen LogP contribution in [0.3, 0.4) is 0 Å². The van der Waals surface area contributed by atoms with Crippen LogP contribution in [0, 0.1) is 12.7 Å². The van der Waals surface area contributed by atoms with Gasteiger partial charge in [0.25, 0.3) is 0 Å². The van der Waals surface area contributed by atoms with Crippen molar-refractivity contribution >= 4 is 51.2 Å². The number of halogens is 3. The number of benzene rings is 3. The minimum absolute atomic E-state index is 0.208. The molecule has 0 aromatic heterocycles. The summed E-state index contributed by atoms with van der Waals surface area (Å²) in [5.74, 6) is -1.29. The lowest BCUT2D eigenvalue weighted by Crippen LogP contribution is -2.32. The van der Waals surface area contributed by atoms with Crippen LogP contribution in [0.15, 0.2) is 64.2 Å². The van der Waals surface area contributed by atoms with E-state index in [0.717, 1.165) is 5.56 Å². The van der Waals surface area contributed by atoms with Crippen molar-refractivity contribution in [1.29, 1.82) is 0 Å². The topological polar surface area (TPSA) is 89.0 Å². The maximum absolute atomic E-state index is 13.1. The summed E-state index contributed by atoms with van der Waals surface area (Å²) in [4.78, 5) is 24.2. The van der Waals surface area contributed by atoms with E-state index in [9.17, 15) is 14.0 Å². The number of hydrogen-bond donors (Lipinski definition) is 2. The van der Waals surface area contributed by atoms with Crippen molar-refractivity contribution in [3.05, 3.63) is 86.6 Å². The summed E-state index contributed by atoms with van der Waals surface area (Å²) >= 11 is 9.45. The van der Waals surface area contributed by atoms with E-state index in [4.69, 9.17) is 21.1 Å². The summed E-state index contributed by atoms with van der Waals surface area (Å²) in [6, 6.07) is 14.3. The first kappa shape index (κ1) is 25.2. The second kappa shape index (κ2) is 11.6. The van der Waals surface area contributed by atoms with Gasteiger partial charge in [0.15, 0.2) is 11.5 Å². The number of nitrogens with zero attached hydrogens (tertiary/aromatic N) is 1. The molecule has 10 heteroatoms. The Bertz CT molecular complexity index is 1240. The quantitative estimate of drug-likeness (QED) is 0.241. The summed E-state index contributed by atoms with van der Waals surface area (Å²) in [5.41, 5.74) is 4.61. The molecule has 0 radical (unpaired) electrons. The third kappa shape index (κ3) is 6.55. The molecule has 3 aromatic carbocycles. The van der Waals surface area contributed by atoms with Crippen molar-refractivity contribution in [2.75, 3.05) is 12.4 Å². The number of ether oxygens (including phenoxy) is 2. The Morgan fingerprint density at radius 3 is 2.59 bits per heavy atom. The van der Waals surface area contributed by atoms with Crippen LogP contribution in [0.1, 0.15) is 16.7 Å².